The van der Waals surface area contributed by atoms with Crippen molar-refractivity contribution in [3.05, 3.63) is 17.9 Å². The fourth-order valence-electron chi connectivity index (χ4n) is 1.74. The summed E-state index contributed by atoms with van der Waals surface area (Å²) in [5, 5.41) is 12.2. The third kappa shape index (κ3) is 3.26. The number of anilines is 2. The van der Waals surface area contributed by atoms with Gasteiger partial charge in [0.15, 0.2) is 0 Å². The van der Waals surface area contributed by atoms with Crippen molar-refractivity contribution in [2.75, 3.05) is 24.8 Å². The molecule has 1 aromatic carbocycles. The number of methoxy groups -OCH3 is 1. The third-order valence-electron chi connectivity index (χ3n) is 3.20. The minimum atomic E-state index is -0.425. The third-order valence-corrected chi connectivity index (χ3v) is 3.20. The van der Waals surface area contributed by atoms with Gasteiger partial charge in [-0.05, 0) is 19.8 Å². The molecular formula is C13H21FN2O2. The van der Waals surface area contributed by atoms with Gasteiger partial charge in [-0.25, -0.2) is 4.39 Å². The second-order valence-electron chi connectivity index (χ2n) is 4.59. The molecule has 1 rings (SSSR count). The maximum absolute atomic E-state index is 13.8. The maximum Gasteiger partial charge on any atom is 0.148 e. The molecule has 5 heteroatoms. The summed E-state index contributed by atoms with van der Waals surface area (Å²) < 4.78 is 18.9. The minimum absolute atomic E-state index is 0.0467. The van der Waals surface area contributed by atoms with Crippen LogP contribution in [0.4, 0.5) is 15.8 Å². The van der Waals surface area contributed by atoms with E-state index < -0.39 is 5.82 Å². The summed E-state index contributed by atoms with van der Waals surface area (Å²) >= 11 is 0. The fraction of sp³-hybridized carbons (Fsp3) is 0.538. The first-order valence-electron chi connectivity index (χ1n) is 5.98. The lowest BCUT2D eigenvalue weighted by atomic mass is 9.94. The van der Waals surface area contributed by atoms with Crippen LogP contribution in [0.5, 0.6) is 5.75 Å². The summed E-state index contributed by atoms with van der Waals surface area (Å²) in [6.07, 6.45) is 1.30. The monoisotopic (exact) mass is 256 g/mol. The van der Waals surface area contributed by atoms with Crippen molar-refractivity contribution in [2.45, 2.75) is 32.2 Å². The summed E-state index contributed by atoms with van der Waals surface area (Å²) in [6, 6.07) is 2.77. The van der Waals surface area contributed by atoms with Gasteiger partial charge in [-0.3, -0.25) is 0 Å². The Hall–Kier alpha value is -1.49. The minimum Gasteiger partial charge on any atom is -0.495 e. The topological polar surface area (TPSA) is 67.5 Å². The normalized spacial score (nSPS) is 14.1. The standard InChI is InChI=1S/C13H21FN2O2/c1-4-13(2,5-6-17)16-11-8-12(18-3)10(15)7-9(11)14/h7-8,16-17H,4-6,15H2,1-3H3. The number of benzene rings is 1. The molecule has 0 aliphatic carbocycles. The van der Waals surface area contributed by atoms with Crippen molar-refractivity contribution < 1.29 is 14.2 Å². The number of ether oxygens (including phenoxy) is 1. The summed E-state index contributed by atoms with van der Waals surface area (Å²) in [5.74, 6) is 0.00673. The van der Waals surface area contributed by atoms with E-state index in [4.69, 9.17) is 15.6 Å². The van der Waals surface area contributed by atoms with Gasteiger partial charge in [0.25, 0.3) is 0 Å². The molecule has 4 nitrogen and oxygen atoms in total. The first-order valence-corrected chi connectivity index (χ1v) is 5.98. The quantitative estimate of drug-likeness (QED) is 0.684. The smallest absolute Gasteiger partial charge is 0.148 e. The number of halogens is 1. The Morgan fingerprint density at radius 1 is 1.50 bits per heavy atom. The highest BCUT2D eigenvalue weighted by Gasteiger charge is 2.23. The molecule has 0 aliphatic heterocycles. The largest absolute Gasteiger partial charge is 0.495 e. The summed E-state index contributed by atoms with van der Waals surface area (Å²) in [4.78, 5) is 0. The molecule has 0 fully saturated rings. The van der Waals surface area contributed by atoms with Crippen LogP contribution in [0, 0.1) is 5.82 Å². The number of hydrogen-bond acceptors (Lipinski definition) is 4. The van der Waals surface area contributed by atoms with Crippen LogP contribution >= 0.6 is 0 Å². The summed E-state index contributed by atoms with van der Waals surface area (Å²) in [5.41, 5.74) is 5.86. The lowest BCUT2D eigenvalue weighted by molar-refractivity contribution is 0.251. The molecule has 0 aromatic heterocycles. The lowest BCUT2D eigenvalue weighted by Crippen LogP contribution is -2.35. The number of nitrogens with two attached hydrogens (primary N) is 1. The zero-order chi connectivity index (χ0) is 13.8. The number of aliphatic hydroxyl groups is 1. The number of hydrogen-bond donors (Lipinski definition) is 3. The van der Waals surface area contributed by atoms with Crippen LogP contribution in [0.3, 0.4) is 0 Å². The lowest BCUT2D eigenvalue weighted by Gasteiger charge is -2.30. The van der Waals surface area contributed by atoms with Crippen LogP contribution in [-0.4, -0.2) is 24.4 Å². The molecule has 0 saturated heterocycles. The van der Waals surface area contributed by atoms with E-state index in [1.165, 1.54) is 19.2 Å². The van der Waals surface area contributed by atoms with E-state index in [0.29, 0.717) is 17.9 Å². The van der Waals surface area contributed by atoms with Gasteiger partial charge in [0.1, 0.15) is 11.6 Å². The molecule has 0 heterocycles. The number of aliphatic hydroxyl groups excluding tert-OH is 1. The van der Waals surface area contributed by atoms with Gasteiger partial charge in [0.2, 0.25) is 0 Å². The predicted molar refractivity (Wildman–Crippen MR) is 71.4 cm³/mol. The molecule has 102 valence electrons. The van der Waals surface area contributed by atoms with E-state index in [9.17, 15) is 4.39 Å². The molecule has 0 amide bonds. The predicted octanol–water partition coefficient (Wildman–Crippen LogP) is 2.38. The first kappa shape index (κ1) is 14.6. The van der Waals surface area contributed by atoms with E-state index >= 15 is 0 Å². The van der Waals surface area contributed by atoms with Gasteiger partial charge in [-0.15, -0.1) is 0 Å². The van der Waals surface area contributed by atoms with Gasteiger partial charge in [-0.2, -0.15) is 0 Å². The van der Waals surface area contributed by atoms with Gasteiger partial charge >= 0.3 is 0 Å². The zero-order valence-corrected chi connectivity index (χ0v) is 11.1. The van der Waals surface area contributed by atoms with Crippen LogP contribution in [0.25, 0.3) is 0 Å². The second kappa shape index (κ2) is 5.91. The van der Waals surface area contributed by atoms with Gasteiger partial charge in [-0.1, -0.05) is 6.92 Å². The van der Waals surface area contributed by atoms with Crippen molar-refractivity contribution in [1.29, 1.82) is 0 Å². The molecule has 1 atom stereocenters. The second-order valence-corrected chi connectivity index (χ2v) is 4.59. The molecule has 0 spiro atoms. The van der Waals surface area contributed by atoms with Crippen LogP contribution in [0.2, 0.25) is 0 Å². The van der Waals surface area contributed by atoms with Crippen LogP contribution in [0.1, 0.15) is 26.7 Å². The highest BCUT2D eigenvalue weighted by atomic mass is 19.1. The van der Waals surface area contributed by atoms with E-state index in [2.05, 4.69) is 5.32 Å². The highest BCUT2D eigenvalue weighted by molar-refractivity contribution is 5.62. The maximum atomic E-state index is 13.8. The highest BCUT2D eigenvalue weighted by Crippen LogP contribution is 2.31. The van der Waals surface area contributed by atoms with Gasteiger partial charge < -0.3 is 20.9 Å². The van der Waals surface area contributed by atoms with E-state index in [1.54, 1.807) is 0 Å². The average Bonchev–Trinajstić information content (AvgIpc) is 2.33. The Kier molecular flexibility index (Phi) is 4.78. The Bertz CT molecular complexity index is 412. The van der Waals surface area contributed by atoms with Crippen molar-refractivity contribution in [3.8, 4) is 5.75 Å². The van der Waals surface area contributed by atoms with Crippen molar-refractivity contribution in [1.82, 2.24) is 0 Å². The molecule has 0 saturated carbocycles. The molecule has 4 N–H and O–H groups in total. The van der Waals surface area contributed by atoms with Crippen molar-refractivity contribution >= 4 is 11.4 Å². The average molecular weight is 256 g/mol. The zero-order valence-electron chi connectivity index (χ0n) is 11.1. The van der Waals surface area contributed by atoms with Gasteiger partial charge in [0.05, 0.1) is 18.5 Å². The molecule has 0 bridgehead atoms. The SMILES string of the molecule is CCC(C)(CCO)Nc1cc(OC)c(N)cc1F. The Balaban J connectivity index is 3.02. The molecule has 1 unspecified atom stereocenters. The molecule has 0 radical (unpaired) electrons. The molecular weight excluding hydrogens is 235 g/mol. The van der Waals surface area contributed by atoms with E-state index in [0.717, 1.165) is 6.42 Å². The Labute approximate surface area is 107 Å². The fourth-order valence-corrected chi connectivity index (χ4v) is 1.74. The van der Waals surface area contributed by atoms with Crippen molar-refractivity contribution in [3.63, 3.8) is 0 Å². The molecule has 1 aromatic rings. The van der Waals surface area contributed by atoms with Crippen LogP contribution in [-0.2, 0) is 0 Å². The number of rotatable bonds is 6. The van der Waals surface area contributed by atoms with E-state index in [1.807, 2.05) is 13.8 Å². The molecule has 18 heavy (non-hydrogen) atoms. The van der Waals surface area contributed by atoms with Crippen LogP contribution < -0.4 is 15.8 Å². The molecule has 0 aliphatic rings. The summed E-state index contributed by atoms with van der Waals surface area (Å²) in [7, 11) is 1.49. The first-order chi connectivity index (χ1) is 8.45. The Morgan fingerprint density at radius 3 is 2.67 bits per heavy atom. The summed E-state index contributed by atoms with van der Waals surface area (Å²) in [6.45, 7) is 3.96. The number of nitrogen functional groups attached to an aromatic ring is 1. The van der Waals surface area contributed by atoms with Crippen LogP contribution in [0.15, 0.2) is 12.1 Å². The van der Waals surface area contributed by atoms with Crippen molar-refractivity contribution in [2.24, 2.45) is 0 Å². The van der Waals surface area contributed by atoms with E-state index in [-0.39, 0.29) is 17.8 Å². The number of nitrogens with one attached hydrogen (secondary N) is 1. The Morgan fingerprint density at radius 2 is 2.17 bits per heavy atom. The van der Waals surface area contributed by atoms with Gasteiger partial charge in [0, 0.05) is 24.3 Å².